The van der Waals surface area contributed by atoms with Crippen molar-refractivity contribution >= 4 is 21.7 Å². The molecule has 4 nitrogen and oxygen atoms in total. The van der Waals surface area contributed by atoms with E-state index in [9.17, 15) is 0 Å². The Labute approximate surface area is 111 Å². The summed E-state index contributed by atoms with van der Waals surface area (Å²) in [5, 5.41) is 3.28. The van der Waals surface area contributed by atoms with Crippen molar-refractivity contribution in [2.24, 2.45) is 0 Å². The van der Waals surface area contributed by atoms with Crippen LogP contribution in [0.15, 0.2) is 10.7 Å². The fraction of sp³-hybridized carbons (Fsp3) is 0.667. The maximum Gasteiger partial charge on any atom is 0.134 e. The van der Waals surface area contributed by atoms with Gasteiger partial charge in [-0.1, -0.05) is 13.8 Å². The minimum atomic E-state index is 0.330. The topological polar surface area (TPSA) is 47.0 Å². The van der Waals surface area contributed by atoms with E-state index >= 15 is 0 Å². The Morgan fingerprint density at radius 3 is 2.82 bits per heavy atom. The van der Waals surface area contributed by atoms with Gasteiger partial charge in [0.15, 0.2) is 0 Å². The third kappa shape index (κ3) is 5.46. The van der Waals surface area contributed by atoms with Crippen LogP contribution < -0.4 is 5.32 Å². The van der Waals surface area contributed by atoms with Crippen LogP contribution in [0.2, 0.25) is 0 Å². The van der Waals surface area contributed by atoms with Crippen molar-refractivity contribution in [2.75, 3.05) is 25.1 Å². The molecule has 96 valence electrons. The summed E-state index contributed by atoms with van der Waals surface area (Å²) in [6.07, 6.45) is 0.979. The molecule has 0 aromatic carbocycles. The van der Waals surface area contributed by atoms with E-state index < -0.39 is 0 Å². The summed E-state index contributed by atoms with van der Waals surface area (Å²) in [6, 6.07) is 1.90. The number of hydrogen-bond acceptors (Lipinski definition) is 4. The maximum absolute atomic E-state index is 5.28. The zero-order valence-corrected chi connectivity index (χ0v) is 12.2. The normalized spacial score (nSPS) is 10.9. The molecular weight excluding hydrogens is 282 g/mol. The molecule has 17 heavy (non-hydrogen) atoms. The third-order valence-electron chi connectivity index (χ3n) is 2.20. The van der Waals surface area contributed by atoms with Crippen molar-refractivity contribution in [3.63, 3.8) is 0 Å². The number of anilines is 1. The molecule has 0 spiro atoms. The fourth-order valence-electron chi connectivity index (χ4n) is 1.32. The summed E-state index contributed by atoms with van der Waals surface area (Å²) >= 11 is 3.40. The summed E-state index contributed by atoms with van der Waals surface area (Å²) in [5.41, 5.74) is 0. The van der Waals surface area contributed by atoms with Crippen molar-refractivity contribution in [3.8, 4) is 0 Å². The molecule has 0 atom stereocenters. The SMILES string of the molecule is CCOCCCNc1cc(Br)nc(C(C)C)n1. The van der Waals surface area contributed by atoms with Gasteiger partial charge in [0.25, 0.3) is 0 Å². The highest BCUT2D eigenvalue weighted by molar-refractivity contribution is 9.10. The Kier molecular flexibility index (Phi) is 6.44. The van der Waals surface area contributed by atoms with Crippen LogP contribution in [0.3, 0.4) is 0 Å². The highest BCUT2D eigenvalue weighted by atomic mass is 79.9. The summed E-state index contributed by atoms with van der Waals surface area (Å²) in [7, 11) is 0. The van der Waals surface area contributed by atoms with Gasteiger partial charge in [-0.3, -0.25) is 0 Å². The first-order chi connectivity index (χ1) is 8.13. The molecule has 5 heteroatoms. The summed E-state index contributed by atoms with van der Waals surface area (Å²) in [6.45, 7) is 8.59. The number of ether oxygens (including phenoxy) is 1. The van der Waals surface area contributed by atoms with Gasteiger partial charge in [0.1, 0.15) is 16.2 Å². The molecule has 1 aromatic heterocycles. The molecule has 0 bridgehead atoms. The molecule has 0 saturated heterocycles. The van der Waals surface area contributed by atoms with Gasteiger partial charge in [-0.2, -0.15) is 0 Å². The van der Waals surface area contributed by atoms with Crippen LogP contribution in [-0.4, -0.2) is 29.7 Å². The Morgan fingerprint density at radius 1 is 1.41 bits per heavy atom. The van der Waals surface area contributed by atoms with Crippen molar-refractivity contribution in [1.82, 2.24) is 9.97 Å². The van der Waals surface area contributed by atoms with E-state index in [-0.39, 0.29) is 0 Å². The second-order valence-electron chi connectivity index (χ2n) is 4.07. The Bertz CT molecular complexity index is 345. The van der Waals surface area contributed by atoms with E-state index in [0.717, 1.165) is 42.4 Å². The highest BCUT2D eigenvalue weighted by Crippen LogP contribution is 2.17. The first kappa shape index (κ1) is 14.4. The standard InChI is InChI=1S/C12H20BrN3O/c1-4-17-7-5-6-14-11-8-10(13)15-12(16-11)9(2)3/h8-9H,4-7H2,1-3H3,(H,14,15,16). The number of aromatic nitrogens is 2. The molecule has 0 saturated carbocycles. The Morgan fingerprint density at radius 2 is 2.18 bits per heavy atom. The lowest BCUT2D eigenvalue weighted by Gasteiger charge is -2.09. The first-order valence-corrected chi connectivity index (χ1v) is 6.79. The van der Waals surface area contributed by atoms with Crippen LogP contribution in [0, 0.1) is 0 Å². The van der Waals surface area contributed by atoms with Crippen molar-refractivity contribution < 1.29 is 4.74 Å². The van der Waals surface area contributed by atoms with Gasteiger partial charge < -0.3 is 10.1 Å². The van der Waals surface area contributed by atoms with Gasteiger partial charge in [-0.15, -0.1) is 0 Å². The highest BCUT2D eigenvalue weighted by Gasteiger charge is 2.06. The van der Waals surface area contributed by atoms with Gasteiger partial charge >= 0.3 is 0 Å². The average molecular weight is 302 g/mol. The van der Waals surface area contributed by atoms with E-state index in [1.165, 1.54) is 0 Å². The van der Waals surface area contributed by atoms with E-state index in [2.05, 4.69) is 45.1 Å². The van der Waals surface area contributed by atoms with Crippen molar-refractivity contribution in [2.45, 2.75) is 33.1 Å². The van der Waals surface area contributed by atoms with Gasteiger partial charge in [0.2, 0.25) is 0 Å². The molecule has 0 aliphatic rings. The molecule has 0 fully saturated rings. The molecule has 1 aromatic rings. The van der Waals surface area contributed by atoms with Gasteiger partial charge in [-0.05, 0) is 29.3 Å². The minimum absolute atomic E-state index is 0.330. The largest absolute Gasteiger partial charge is 0.382 e. The lowest BCUT2D eigenvalue weighted by molar-refractivity contribution is 0.147. The Hall–Kier alpha value is -0.680. The number of halogens is 1. The van der Waals surface area contributed by atoms with Crippen LogP contribution >= 0.6 is 15.9 Å². The van der Waals surface area contributed by atoms with Crippen LogP contribution in [0.1, 0.15) is 38.9 Å². The quantitative estimate of drug-likeness (QED) is 0.620. The molecule has 0 amide bonds. The smallest absolute Gasteiger partial charge is 0.134 e. The lowest BCUT2D eigenvalue weighted by Crippen LogP contribution is -2.09. The molecule has 1 N–H and O–H groups in total. The number of rotatable bonds is 7. The minimum Gasteiger partial charge on any atom is -0.382 e. The summed E-state index contributed by atoms with van der Waals surface area (Å²) < 4.78 is 6.10. The second-order valence-corrected chi connectivity index (χ2v) is 4.88. The van der Waals surface area contributed by atoms with Gasteiger partial charge in [0.05, 0.1) is 0 Å². The first-order valence-electron chi connectivity index (χ1n) is 5.99. The molecular formula is C12H20BrN3O. The van der Waals surface area contributed by atoms with E-state index in [1.807, 2.05) is 13.0 Å². The predicted molar refractivity (Wildman–Crippen MR) is 73.4 cm³/mol. The molecule has 0 aliphatic heterocycles. The molecule has 1 heterocycles. The number of hydrogen-bond donors (Lipinski definition) is 1. The van der Waals surface area contributed by atoms with Gasteiger partial charge in [0, 0.05) is 31.7 Å². The monoisotopic (exact) mass is 301 g/mol. The molecule has 0 radical (unpaired) electrons. The van der Waals surface area contributed by atoms with Crippen molar-refractivity contribution in [1.29, 1.82) is 0 Å². The van der Waals surface area contributed by atoms with Crippen LogP contribution in [0.4, 0.5) is 5.82 Å². The third-order valence-corrected chi connectivity index (χ3v) is 2.61. The van der Waals surface area contributed by atoms with E-state index in [4.69, 9.17) is 4.74 Å². The average Bonchev–Trinajstić information content (AvgIpc) is 2.28. The van der Waals surface area contributed by atoms with E-state index in [0.29, 0.717) is 5.92 Å². The van der Waals surface area contributed by atoms with E-state index in [1.54, 1.807) is 0 Å². The zero-order valence-electron chi connectivity index (χ0n) is 10.7. The second kappa shape index (κ2) is 7.61. The Balaban J connectivity index is 2.47. The summed E-state index contributed by atoms with van der Waals surface area (Å²) in [5.74, 6) is 2.05. The van der Waals surface area contributed by atoms with Gasteiger partial charge in [-0.25, -0.2) is 9.97 Å². The van der Waals surface area contributed by atoms with Crippen molar-refractivity contribution in [3.05, 3.63) is 16.5 Å². The van der Waals surface area contributed by atoms with Crippen LogP contribution in [0.25, 0.3) is 0 Å². The maximum atomic E-state index is 5.28. The number of nitrogens with one attached hydrogen (secondary N) is 1. The van der Waals surface area contributed by atoms with Crippen LogP contribution in [0.5, 0.6) is 0 Å². The molecule has 0 unspecified atom stereocenters. The fourth-order valence-corrected chi connectivity index (χ4v) is 1.72. The van der Waals surface area contributed by atoms with Crippen LogP contribution in [-0.2, 0) is 4.74 Å². The lowest BCUT2D eigenvalue weighted by atomic mass is 10.2. The molecule has 0 aliphatic carbocycles. The molecule has 1 rings (SSSR count). The number of nitrogens with zero attached hydrogens (tertiary/aromatic N) is 2. The zero-order chi connectivity index (χ0) is 12.7. The predicted octanol–water partition coefficient (Wildman–Crippen LogP) is 3.20. The summed E-state index contributed by atoms with van der Waals surface area (Å²) in [4.78, 5) is 8.79.